The molecule has 0 fully saturated rings. The van der Waals surface area contributed by atoms with Crippen molar-refractivity contribution in [3.8, 4) is 0 Å². The molecule has 0 aliphatic carbocycles. The summed E-state index contributed by atoms with van der Waals surface area (Å²) in [4.78, 5) is 14.4. The van der Waals surface area contributed by atoms with Crippen molar-refractivity contribution in [2.75, 3.05) is 12.3 Å². The Balaban J connectivity index is 1.92. The lowest BCUT2D eigenvalue weighted by molar-refractivity contribution is 0.525. The number of nitrogens with two attached hydrogens (primary N) is 1. The highest BCUT2D eigenvalue weighted by atomic mass is 127. The van der Waals surface area contributed by atoms with Gasteiger partial charge in [0.1, 0.15) is 6.33 Å². The molecule has 1 aromatic carbocycles. The number of aromatic nitrogens is 4. The molecular formula is C18H23IN6S. The smallest absolute Gasteiger partial charge is 0.175 e. The molecule has 3 aromatic rings. The van der Waals surface area contributed by atoms with Gasteiger partial charge in [0.2, 0.25) is 0 Å². The van der Waals surface area contributed by atoms with Crippen LogP contribution in [0, 0.1) is 10.5 Å². The molecule has 0 spiro atoms. The molecule has 0 aliphatic heterocycles. The maximum absolute atomic E-state index is 6.03. The van der Waals surface area contributed by atoms with Gasteiger partial charge in [-0.25, -0.2) is 15.0 Å². The van der Waals surface area contributed by atoms with Crippen LogP contribution in [0.3, 0.4) is 0 Å². The van der Waals surface area contributed by atoms with Crippen molar-refractivity contribution < 1.29 is 0 Å². The summed E-state index contributed by atoms with van der Waals surface area (Å²) in [5, 5.41) is 4.35. The fraction of sp³-hybridized carbons (Fsp3) is 0.389. The molecule has 0 bridgehead atoms. The van der Waals surface area contributed by atoms with Crippen LogP contribution < -0.4 is 11.1 Å². The van der Waals surface area contributed by atoms with Crippen molar-refractivity contribution in [2.45, 2.75) is 49.8 Å². The van der Waals surface area contributed by atoms with Gasteiger partial charge in [-0.1, -0.05) is 37.2 Å². The van der Waals surface area contributed by atoms with Gasteiger partial charge >= 0.3 is 0 Å². The van der Waals surface area contributed by atoms with Gasteiger partial charge in [0, 0.05) is 21.1 Å². The molecule has 2 heterocycles. The summed E-state index contributed by atoms with van der Waals surface area (Å²) in [6, 6.07) is 6.92. The first-order chi connectivity index (χ1) is 12.5. The summed E-state index contributed by atoms with van der Waals surface area (Å²) in [5.74, 6) is 0.425. The highest BCUT2D eigenvalue weighted by molar-refractivity contribution is 14.1. The number of benzene rings is 1. The number of nitrogens with one attached hydrogen (secondary N) is 1. The first-order valence-corrected chi connectivity index (χ1v) is 10.5. The third-order valence-electron chi connectivity index (χ3n) is 3.92. The van der Waals surface area contributed by atoms with Crippen LogP contribution in [0.25, 0.3) is 11.2 Å². The molecule has 0 radical (unpaired) electrons. The van der Waals surface area contributed by atoms with E-state index in [4.69, 9.17) is 10.7 Å². The van der Waals surface area contributed by atoms with Gasteiger partial charge in [-0.3, -0.25) is 0 Å². The lowest BCUT2D eigenvalue weighted by Gasteiger charge is -2.11. The average Bonchev–Trinajstić information content (AvgIpc) is 2.93. The molecular weight excluding hydrogens is 459 g/mol. The molecule has 26 heavy (non-hydrogen) atoms. The number of nitrogens with zero attached hydrogens (tertiary/aromatic N) is 4. The van der Waals surface area contributed by atoms with E-state index < -0.39 is 0 Å². The SMILES string of the molecule is Cc1ccc(Sc2nc3c(N)ncnc3n2CCCNC(C)C)c(I)c1. The Bertz CT molecular complexity index is 908. The van der Waals surface area contributed by atoms with Gasteiger partial charge in [-0.2, -0.15) is 0 Å². The highest BCUT2D eigenvalue weighted by Gasteiger charge is 2.16. The number of nitrogen functional groups attached to an aromatic ring is 1. The molecule has 3 rings (SSSR count). The summed E-state index contributed by atoms with van der Waals surface area (Å²) >= 11 is 4.02. The second-order valence-corrected chi connectivity index (χ2v) is 8.65. The van der Waals surface area contributed by atoms with E-state index in [0.717, 1.165) is 30.3 Å². The van der Waals surface area contributed by atoms with Gasteiger partial charge in [0.05, 0.1) is 0 Å². The van der Waals surface area contributed by atoms with Crippen molar-refractivity contribution >= 4 is 51.3 Å². The van der Waals surface area contributed by atoms with Gasteiger partial charge < -0.3 is 15.6 Å². The van der Waals surface area contributed by atoms with Gasteiger partial charge in [0.15, 0.2) is 22.1 Å². The Morgan fingerprint density at radius 3 is 2.85 bits per heavy atom. The Labute approximate surface area is 171 Å². The van der Waals surface area contributed by atoms with Crippen LogP contribution in [0.5, 0.6) is 0 Å². The van der Waals surface area contributed by atoms with E-state index in [1.807, 2.05) is 0 Å². The fourth-order valence-electron chi connectivity index (χ4n) is 2.63. The Morgan fingerprint density at radius 2 is 2.12 bits per heavy atom. The van der Waals surface area contributed by atoms with Crippen LogP contribution in [0.2, 0.25) is 0 Å². The van der Waals surface area contributed by atoms with Gasteiger partial charge in [-0.15, -0.1) is 0 Å². The average molecular weight is 482 g/mol. The highest BCUT2D eigenvalue weighted by Crippen LogP contribution is 2.33. The van der Waals surface area contributed by atoms with Crippen molar-refractivity contribution in [1.82, 2.24) is 24.8 Å². The fourth-order valence-corrected chi connectivity index (χ4v) is 4.54. The number of imidazole rings is 1. The maximum Gasteiger partial charge on any atom is 0.175 e. The van der Waals surface area contributed by atoms with Gasteiger partial charge in [-0.05, 0) is 54.6 Å². The second-order valence-electron chi connectivity index (χ2n) is 6.48. The van der Waals surface area contributed by atoms with Gasteiger partial charge in [0.25, 0.3) is 0 Å². The normalized spacial score (nSPS) is 11.6. The molecule has 0 saturated carbocycles. The number of anilines is 1. The first-order valence-electron chi connectivity index (χ1n) is 8.60. The zero-order valence-electron chi connectivity index (χ0n) is 15.2. The van der Waals surface area contributed by atoms with E-state index in [1.165, 1.54) is 20.4 Å². The molecule has 3 N–H and O–H groups in total. The summed E-state index contributed by atoms with van der Waals surface area (Å²) < 4.78 is 3.36. The first kappa shape index (κ1) is 19.4. The van der Waals surface area contributed by atoms with Crippen LogP contribution in [0.4, 0.5) is 5.82 Å². The minimum atomic E-state index is 0.425. The van der Waals surface area contributed by atoms with E-state index in [0.29, 0.717) is 17.4 Å². The second kappa shape index (κ2) is 8.53. The quantitative estimate of drug-likeness (QED) is 0.393. The van der Waals surface area contributed by atoms with Crippen molar-refractivity contribution in [3.63, 3.8) is 0 Å². The van der Waals surface area contributed by atoms with Crippen LogP contribution >= 0.6 is 34.4 Å². The van der Waals surface area contributed by atoms with Crippen LogP contribution in [0.1, 0.15) is 25.8 Å². The molecule has 138 valence electrons. The number of halogens is 1. The number of aryl methyl sites for hydroxylation is 2. The maximum atomic E-state index is 6.03. The molecule has 0 saturated heterocycles. The topological polar surface area (TPSA) is 81.7 Å². The standard InChI is InChI=1S/C18H23IN6S/c1-11(2)21-7-4-8-25-17-15(16(20)22-10-23-17)24-18(25)26-14-6-5-12(3)9-13(14)19/h5-6,9-11,21H,4,7-8H2,1-3H3,(H2,20,22,23). The van der Waals surface area contributed by atoms with Crippen LogP contribution in [0.15, 0.2) is 34.6 Å². The summed E-state index contributed by atoms with van der Waals surface area (Å²) in [7, 11) is 0. The number of fused-ring (bicyclic) bond motifs is 1. The number of hydrogen-bond acceptors (Lipinski definition) is 6. The Kier molecular flexibility index (Phi) is 6.36. The monoisotopic (exact) mass is 482 g/mol. The van der Waals surface area contributed by atoms with Crippen LogP contribution in [-0.2, 0) is 6.54 Å². The largest absolute Gasteiger partial charge is 0.382 e. The zero-order valence-corrected chi connectivity index (χ0v) is 18.1. The summed E-state index contributed by atoms with van der Waals surface area (Å²) in [6.45, 7) is 8.19. The molecule has 0 amide bonds. The minimum Gasteiger partial charge on any atom is -0.382 e. The van der Waals surface area contributed by atoms with Crippen LogP contribution in [-0.4, -0.2) is 32.1 Å². The molecule has 2 aromatic heterocycles. The Hall–Kier alpha value is -1.39. The van der Waals surface area contributed by atoms with Crippen molar-refractivity contribution in [2.24, 2.45) is 0 Å². The summed E-state index contributed by atoms with van der Waals surface area (Å²) in [5.41, 5.74) is 8.75. The summed E-state index contributed by atoms with van der Waals surface area (Å²) in [6.07, 6.45) is 2.50. The number of hydrogen-bond donors (Lipinski definition) is 2. The lowest BCUT2D eigenvalue weighted by atomic mass is 10.2. The molecule has 0 aliphatic rings. The Morgan fingerprint density at radius 1 is 1.31 bits per heavy atom. The third-order valence-corrected chi connectivity index (χ3v) is 6.25. The van der Waals surface area contributed by atoms with Crippen molar-refractivity contribution in [3.05, 3.63) is 33.7 Å². The minimum absolute atomic E-state index is 0.425. The zero-order chi connectivity index (χ0) is 18.7. The van der Waals surface area contributed by atoms with Crippen molar-refractivity contribution in [1.29, 1.82) is 0 Å². The molecule has 0 atom stereocenters. The molecule has 6 nitrogen and oxygen atoms in total. The van der Waals surface area contributed by atoms with E-state index in [-0.39, 0.29) is 0 Å². The van der Waals surface area contributed by atoms with E-state index in [9.17, 15) is 0 Å². The number of rotatable bonds is 7. The third kappa shape index (κ3) is 4.47. The predicted molar refractivity (Wildman–Crippen MR) is 116 cm³/mol. The molecule has 0 unspecified atom stereocenters. The lowest BCUT2D eigenvalue weighted by Crippen LogP contribution is -2.24. The molecule has 8 heteroatoms. The van der Waals surface area contributed by atoms with E-state index in [1.54, 1.807) is 11.8 Å². The van der Waals surface area contributed by atoms with E-state index >= 15 is 0 Å². The predicted octanol–water partition coefficient (Wildman–Crippen LogP) is 3.86. The van der Waals surface area contributed by atoms with E-state index in [2.05, 4.69) is 81.4 Å².